The van der Waals surface area contributed by atoms with Gasteiger partial charge >= 0.3 is 0 Å². The van der Waals surface area contributed by atoms with Crippen LogP contribution < -0.4 is 5.11 Å². The summed E-state index contributed by atoms with van der Waals surface area (Å²) in [6, 6.07) is 15.4. The van der Waals surface area contributed by atoms with Crippen molar-refractivity contribution >= 4 is 11.8 Å². The molecule has 2 aromatic carbocycles. The normalized spacial score (nSPS) is 21.9. The standard InChI is InChI=1S/C26H31FO3/c1-17-9-12-23(26(2,3)19-7-5-4-6-8-19)22(15-17)21-16-18(13-14-27)10-11-20(21)24(28)25(29)30/h4-8,10-11,16-17,22-23H,9,12-15H2,1-3H3,(H,29,30)/p-1. The Bertz CT molecular complexity index is 904. The maximum absolute atomic E-state index is 13.0. The third-order valence-electron chi connectivity index (χ3n) is 6.89. The van der Waals surface area contributed by atoms with Gasteiger partial charge in [-0.15, -0.1) is 0 Å². The van der Waals surface area contributed by atoms with E-state index in [-0.39, 0.29) is 29.2 Å². The molecule has 3 unspecified atom stereocenters. The number of carbonyl (C=O) groups excluding carboxylic acids is 2. The number of halogens is 1. The molecule has 30 heavy (non-hydrogen) atoms. The van der Waals surface area contributed by atoms with Gasteiger partial charge in [0, 0.05) is 12.0 Å². The summed E-state index contributed by atoms with van der Waals surface area (Å²) in [5.41, 5.74) is 2.77. The van der Waals surface area contributed by atoms with Gasteiger partial charge in [-0.2, -0.15) is 0 Å². The van der Waals surface area contributed by atoms with Crippen LogP contribution in [0.15, 0.2) is 48.5 Å². The van der Waals surface area contributed by atoms with E-state index in [1.165, 1.54) is 5.56 Å². The molecule has 1 fully saturated rings. The van der Waals surface area contributed by atoms with Gasteiger partial charge in [0.1, 0.15) is 5.97 Å². The van der Waals surface area contributed by atoms with Gasteiger partial charge in [-0.05, 0) is 52.7 Å². The zero-order valence-electron chi connectivity index (χ0n) is 18.0. The molecule has 0 amide bonds. The first-order valence-corrected chi connectivity index (χ1v) is 10.8. The Labute approximate surface area is 178 Å². The Morgan fingerprint density at radius 1 is 1.10 bits per heavy atom. The molecule has 4 heteroatoms. The van der Waals surface area contributed by atoms with Crippen molar-refractivity contribution in [2.24, 2.45) is 11.8 Å². The zero-order valence-corrected chi connectivity index (χ0v) is 18.0. The van der Waals surface area contributed by atoms with E-state index in [2.05, 4.69) is 32.9 Å². The Kier molecular flexibility index (Phi) is 6.74. The molecule has 0 spiro atoms. The maximum atomic E-state index is 13.0. The summed E-state index contributed by atoms with van der Waals surface area (Å²) < 4.78 is 13.0. The second-order valence-corrected chi connectivity index (χ2v) is 9.20. The number of Topliss-reactive ketones (excluding diaryl/α,β-unsaturated/α-hetero) is 1. The highest BCUT2D eigenvalue weighted by Crippen LogP contribution is 2.50. The second kappa shape index (κ2) is 9.11. The second-order valence-electron chi connectivity index (χ2n) is 9.20. The smallest absolute Gasteiger partial charge is 0.208 e. The van der Waals surface area contributed by atoms with Crippen molar-refractivity contribution in [3.8, 4) is 0 Å². The molecule has 160 valence electrons. The Hall–Kier alpha value is -2.49. The van der Waals surface area contributed by atoms with Crippen LogP contribution in [0.5, 0.6) is 0 Å². The van der Waals surface area contributed by atoms with Crippen molar-refractivity contribution < 1.29 is 19.1 Å². The monoisotopic (exact) mass is 409 g/mol. The summed E-state index contributed by atoms with van der Waals surface area (Å²) in [5, 5.41) is 11.4. The van der Waals surface area contributed by atoms with E-state index >= 15 is 0 Å². The fraction of sp³-hybridized carbons (Fsp3) is 0.462. The van der Waals surface area contributed by atoms with Crippen molar-refractivity contribution in [3.63, 3.8) is 0 Å². The number of carbonyl (C=O) groups is 2. The molecule has 0 N–H and O–H groups in total. The maximum Gasteiger partial charge on any atom is 0.208 e. The fourth-order valence-electron chi connectivity index (χ4n) is 5.17. The van der Waals surface area contributed by atoms with E-state index in [0.717, 1.165) is 30.4 Å². The third-order valence-corrected chi connectivity index (χ3v) is 6.89. The molecule has 0 aromatic heterocycles. The molecule has 1 aliphatic rings. The number of hydrogen-bond donors (Lipinski definition) is 0. The first-order chi connectivity index (χ1) is 14.3. The van der Waals surface area contributed by atoms with Gasteiger partial charge in [-0.1, -0.05) is 75.7 Å². The summed E-state index contributed by atoms with van der Waals surface area (Å²) in [7, 11) is 0. The lowest BCUT2D eigenvalue weighted by atomic mass is 9.59. The van der Waals surface area contributed by atoms with Gasteiger partial charge < -0.3 is 9.90 Å². The fourth-order valence-corrected chi connectivity index (χ4v) is 5.17. The van der Waals surface area contributed by atoms with Crippen LogP contribution in [-0.2, 0) is 16.6 Å². The van der Waals surface area contributed by atoms with Crippen molar-refractivity contribution in [1.29, 1.82) is 0 Å². The number of aliphatic carboxylic acids is 1. The van der Waals surface area contributed by atoms with E-state index in [9.17, 15) is 19.1 Å². The number of benzene rings is 2. The third kappa shape index (κ3) is 4.48. The summed E-state index contributed by atoms with van der Waals surface area (Å²) in [4.78, 5) is 23.8. The molecule has 3 nitrogen and oxygen atoms in total. The van der Waals surface area contributed by atoms with Crippen LogP contribution in [0.2, 0.25) is 0 Å². The molecule has 1 saturated carbocycles. The van der Waals surface area contributed by atoms with E-state index < -0.39 is 18.4 Å². The van der Waals surface area contributed by atoms with Gasteiger partial charge in [-0.25, -0.2) is 0 Å². The lowest BCUT2D eigenvalue weighted by Crippen LogP contribution is -2.38. The molecule has 0 radical (unpaired) electrons. The minimum atomic E-state index is -1.70. The highest BCUT2D eigenvalue weighted by atomic mass is 19.1. The summed E-state index contributed by atoms with van der Waals surface area (Å²) in [5.74, 6) is -1.98. The van der Waals surface area contributed by atoms with E-state index in [4.69, 9.17) is 0 Å². The van der Waals surface area contributed by atoms with E-state index in [1.54, 1.807) is 12.1 Å². The van der Waals surface area contributed by atoms with Crippen molar-refractivity contribution in [2.75, 3.05) is 6.67 Å². The molecule has 3 rings (SSSR count). The van der Waals surface area contributed by atoms with Gasteiger partial charge in [-0.3, -0.25) is 9.18 Å². The molecular weight excluding hydrogens is 379 g/mol. The Morgan fingerprint density at radius 2 is 1.80 bits per heavy atom. The van der Waals surface area contributed by atoms with Crippen LogP contribution in [0.1, 0.15) is 73.0 Å². The zero-order chi connectivity index (χ0) is 21.9. The Morgan fingerprint density at radius 3 is 2.43 bits per heavy atom. The van der Waals surface area contributed by atoms with Crippen LogP contribution in [0, 0.1) is 11.8 Å². The van der Waals surface area contributed by atoms with Crippen LogP contribution in [0.3, 0.4) is 0 Å². The Balaban J connectivity index is 2.12. The topological polar surface area (TPSA) is 57.2 Å². The van der Waals surface area contributed by atoms with Crippen molar-refractivity contribution in [1.82, 2.24) is 0 Å². The van der Waals surface area contributed by atoms with Crippen LogP contribution in [0.4, 0.5) is 4.39 Å². The molecule has 0 aliphatic heterocycles. The molecular formula is C26H30FO3-. The number of rotatable bonds is 7. The number of carboxylic acids is 1. The summed E-state index contributed by atoms with van der Waals surface area (Å²) in [6.07, 6.45) is 3.19. The van der Waals surface area contributed by atoms with Gasteiger partial charge in [0.05, 0.1) is 6.67 Å². The SMILES string of the molecule is CC1CCC(C(C)(C)c2ccccc2)C(c2cc(CCF)ccc2C(=O)C(=O)[O-])C1. The van der Waals surface area contributed by atoms with E-state index in [1.807, 2.05) is 24.3 Å². The van der Waals surface area contributed by atoms with E-state index in [0.29, 0.717) is 5.92 Å². The average Bonchev–Trinajstić information content (AvgIpc) is 2.73. The lowest BCUT2D eigenvalue weighted by molar-refractivity contribution is -0.296. The predicted molar refractivity (Wildman–Crippen MR) is 114 cm³/mol. The number of ketones is 1. The number of alkyl halides is 1. The molecule has 3 atom stereocenters. The van der Waals surface area contributed by atoms with Crippen LogP contribution >= 0.6 is 0 Å². The van der Waals surface area contributed by atoms with Crippen molar-refractivity contribution in [3.05, 3.63) is 70.8 Å². The number of aryl methyl sites for hydroxylation is 1. The highest BCUT2D eigenvalue weighted by molar-refractivity contribution is 6.39. The average molecular weight is 410 g/mol. The largest absolute Gasteiger partial charge is 0.541 e. The first-order valence-electron chi connectivity index (χ1n) is 10.8. The number of hydrogen-bond acceptors (Lipinski definition) is 3. The quantitative estimate of drug-likeness (QED) is 0.495. The molecule has 2 aromatic rings. The molecule has 0 bridgehead atoms. The minimum absolute atomic E-state index is 0.0156. The van der Waals surface area contributed by atoms with Gasteiger partial charge in [0.2, 0.25) is 5.78 Å². The molecule has 1 aliphatic carbocycles. The van der Waals surface area contributed by atoms with Gasteiger partial charge in [0.15, 0.2) is 0 Å². The van der Waals surface area contributed by atoms with Crippen LogP contribution in [-0.4, -0.2) is 18.4 Å². The van der Waals surface area contributed by atoms with Crippen LogP contribution in [0.25, 0.3) is 0 Å². The molecule has 0 heterocycles. The highest BCUT2D eigenvalue weighted by Gasteiger charge is 2.41. The van der Waals surface area contributed by atoms with Gasteiger partial charge in [0.25, 0.3) is 0 Å². The molecule has 0 saturated heterocycles. The predicted octanol–water partition coefficient (Wildman–Crippen LogP) is 4.63. The van der Waals surface area contributed by atoms with Crippen molar-refractivity contribution in [2.45, 2.75) is 57.8 Å². The first kappa shape index (κ1) is 22.2. The number of carboxylic acid groups (broad SMARTS) is 1. The minimum Gasteiger partial charge on any atom is -0.541 e. The summed E-state index contributed by atoms with van der Waals surface area (Å²) in [6.45, 7) is 6.15. The lowest BCUT2D eigenvalue weighted by Gasteiger charge is -2.45. The summed E-state index contributed by atoms with van der Waals surface area (Å²) >= 11 is 0.